The van der Waals surface area contributed by atoms with E-state index in [1.807, 2.05) is 17.0 Å². The Morgan fingerprint density at radius 3 is 3.00 bits per heavy atom. The van der Waals surface area contributed by atoms with Gasteiger partial charge in [-0.3, -0.25) is 9.59 Å². The number of rotatable bonds is 2. The monoisotopic (exact) mass is 359 g/mol. The molecule has 6 nitrogen and oxygen atoms in total. The van der Waals surface area contributed by atoms with Crippen LogP contribution in [-0.4, -0.2) is 40.5 Å². The number of amides is 1. The Labute approximate surface area is 149 Å². The molecular formula is C18H21N3O3S. The summed E-state index contributed by atoms with van der Waals surface area (Å²) >= 11 is 1.53. The van der Waals surface area contributed by atoms with E-state index in [9.17, 15) is 9.59 Å². The van der Waals surface area contributed by atoms with Crippen LogP contribution in [0, 0.1) is 6.92 Å². The van der Waals surface area contributed by atoms with Gasteiger partial charge >= 0.3 is 0 Å². The highest BCUT2D eigenvalue weighted by molar-refractivity contribution is 7.14. The van der Waals surface area contributed by atoms with Crippen LogP contribution in [0.4, 0.5) is 0 Å². The second-order valence-corrected chi connectivity index (χ2v) is 7.69. The van der Waals surface area contributed by atoms with Crippen LogP contribution in [0.25, 0.3) is 0 Å². The van der Waals surface area contributed by atoms with Crippen LogP contribution in [0.2, 0.25) is 0 Å². The molecular weight excluding hydrogens is 338 g/mol. The number of hydrogen-bond donors (Lipinski definition) is 1. The van der Waals surface area contributed by atoms with Gasteiger partial charge in [0.15, 0.2) is 0 Å². The van der Waals surface area contributed by atoms with Crippen LogP contribution in [0.1, 0.15) is 50.6 Å². The van der Waals surface area contributed by atoms with Crippen molar-refractivity contribution in [2.45, 2.75) is 38.7 Å². The average Bonchev–Trinajstić information content (AvgIpc) is 3.22. The number of aromatic amines is 1. The Morgan fingerprint density at radius 1 is 1.36 bits per heavy atom. The van der Waals surface area contributed by atoms with Crippen molar-refractivity contribution >= 4 is 17.2 Å². The van der Waals surface area contributed by atoms with Crippen molar-refractivity contribution in [1.29, 1.82) is 0 Å². The molecule has 1 unspecified atom stereocenters. The molecule has 0 spiro atoms. The molecule has 4 heterocycles. The predicted molar refractivity (Wildman–Crippen MR) is 95.2 cm³/mol. The standard InChI is InChI=1S/C18H21N3O3S/c1-11-19-13-7-9-21(8-6-12(13)17(22)20-11)18(23)16-5-4-15(25-16)14-3-2-10-24-14/h4-5,14H,2-3,6-10H2,1H3,(H,19,20,22). The Morgan fingerprint density at radius 2 is 2.20 bits per heavy atom. The van der Waals surface area contributed by atoms with Crippen molar-refractivity contribution in [1.82, 2.24) is 14.9 Å². The van der Waals surface area contributed by atoms with E-state index in [1.54, 1.807) is 6.92 Å². The van der Waals surface area contributed by atoms with Crippen LogP contribution < -0.4 is 5.56 Å². The third kappa shape index (κ3) is 3.26. The van der Waals surface area contributed by atoms with E-state index in [1.165, 1.54) is 11.3 Å². The summed E-state index contributed by atoms with van der Waals surface area (Å²) in [4.78, 5) is 35.9. The second kappa shape index (κ2) is 6.72. The molecule has 1 fully saturated rings. The van der Waals surface area contributed by atoms with Gasteiger partial charge in [-0.1, -0.05) is 0 Å². The van der Waals surface area contributed by atoms with E-state index in [2.05, 4.69) is 9.97 Å². The minimum Gasteiger partial charge on any atom is -0.373 e. The summed E-state index contributed by atoms with van der Waals surface area (Å²) in [6, 6.07) is 3.91. The van der Waals surface area contributed by atoms with Crippen molar-refractivity contribution in [2.75, 3.05) is 19.7 Å². The SMILES string of the molecule is Cc1nc2c(c(=O)[nH]1)CCN(C(=O)c1ccc(C3CCCO3)s1)CC2. The maximum Gasteiger partial charge on any atom is 0.263 e. The topological polar surface area (TPSA) is 75.3 Å². The fraction of sp³-hybridized carbons (Fsp3) is 0.500. The quantitative estimate of drug-likeness (QED) is 0.892. The van der Waals surface area contributed by atoms with Gasteiger partial charge in [0.1, 0.15) is 5.82 Å². The summed E-state index contributed by atoms with van der Waals surface area (Å²) in [7, 11) is 0. The first-order valence-corrected chi connectivity index (χ1v) is 9.53. The molecule has 0 aliphatic carbocycles. The number of carbonyl (C=O) groups is 1. The Hall–Kier alpha value is -1.99. The zero-order valence-corrected chi connectivity index (χ0v) is 15.0. The lowest BCUT2D eigenvalue weighted by Gasteiger charge is -2.19. The van der Waals surface area contributed by atoms with Crippen LogP contribution in [0.3, 0.4) is 0 Å². The molecule has 1 N–H and O–H groups in total. The average molecular weight is 359 g/mol. The van der Waals surface area contributed by atoms with Gasteiger partial charge in [0, 0.05) is 36.6 Å². The zero-order chi connectivity index (χ0) is 17.4. The molecule has 1 saturated heterocycles. The molecule has 2 aromatic heterocycles. The third-order valence-electron chi connectivity index (χ3n) is 4.84. The molecule has 25 heavy (non-hydrogen) atoms. The normalized spacial score (nSPS) is 20.4. The highest BCUT2D eigenvalue weighted by atomic mass is 32.1. The van der Waals surface area contributed by atoms with E-state index < -0.39 is 0 Å². The lowest BCUT2D eigenvalue weighted by atomic mass is 10.1. The Kier molecular flexibility index (Phi) is 4.43. The van der Waals surface area contributed by atoms with Crippen LogP contribution in [0.5, 0.6) is 0 Å². The molecule has 2 aliphatic heterocycles. The Bertz CT molecular complexity index is 851. The van der Waals surface area contributed by atoms with Crippen molar-refractivity contribution in [3.05, 3.63) is 49.3 Å². The number of nitrogens with one attached hydrogen (secondary N) is 1. The minimum atomic E-state index is -0.0754. The molecule has 1 atom stereocenters. The summed E-state index contributed by atoms with van der Waals surface area (Å²) in [5.74, 6) is 0.665. The molecule has 0 bridgehead atoms. The second-order valence-electron chi connectivity index (χ2n) is 6.57. The molecule has 0 saturated carbocycles. The number of aryl methyl sites for hydroxylation is 1. The van der Waals surface area contributed by atoms with Gasteiger partial charge in [-0.25, -0.2) is 4.98 Å². The van der Waals surface area contributed by atoms with Crippen LogP contribution >= 0.6 is 11.3 Å². The number of carbonyl (C=O) groups excluding carboxylic acids is 1. The van der Waals surface area contributed by atoms with E-state index in [4.69, 9.17) is 4.74 Å². The van der Waals surface area contributed by atoms with E-state index in [-0.39, 0.29) is 17.6 Å². The molecule has 132 valence electrons. The van der Waals surface area contributed by atoms with Crippen molar-refractivity contribution in [3.8, 4) is 0 Å². The summed E-state index contributed by atoms with van der Waals surface area (Å²) < 4.78 is 5.70. The smallest absolute Gasteiger partial charge is 0.263 e. The van der Waals surface area contributed by atoms with Gasteiger partial charge in [-0.05, 0) is 38.3 Å². The van der Waals surface area contributed by atoms with Gasteiger partial charge in [-0.15, -0.1) is 11.3 Å². The maximum atomic E-state index is 12.9. The summed E-state index contributed by atoms with van der Waals surface area (Å²) in [5.41, 5.74) is 1.46. The van der Waals surface area contributed by atoms with Gasteiger partial charge in [0.25, 0.3) is 11.5 Å². The van der Waals surface area contributed by atoms with Gasteiger partial charge in [-0.2, -0.15) is 0 Å². The zero-order valence-electron chi connectivity index (χ0n) is 14.2. The highest BCUT2D eigenvalue weighted by Gasteiger charge is 2.25. The summed E-state index contributed by atoms with van der Waals surface area (Å²) in [6.07, 6.45) is 3.42. The largest absolute Gasteiger partial charge is 0.373 e. The molecule has 2 aromatic rings. The lowest BCUT2D eigenvalue weighted by molar-refractivity contribution is 0.0767. The summed E-state index contributed by atoms with van der Waals surface area (Å²) in [6.45, 7) is 3.73. The number of aromatic nitrogens is 2. The fourth-order valence-electron chi connectivity index (χ4n) is 3.53. The molecule has 0 radical (unpaired) electrons. The number of thiophene rings is 1. The molecule has 0 aromatic carbocycles. The first-order chi connectivity index (χ1) is 12.1. The first-order valence-electron chi connectivity index (χ1n) is 8.71. The number of fused-ring (bicyclic) bond motifs is 1. The summed E-state index contributed by atoms with van der Waals surface area (Å²) in [5, 5.41) is 0. The number of hydrogen-bond acceptors (Lipinski definition) is 5. The molecule has 4 rings (SSSR count). The van der Waals surface area contributed by atoms with E-state index in [0.29, 0.717) is 37.3 Å². The van der Waals surface area contributed by atoms with Crippen molar-refractivity contribution in [2.24, 2.45) is 0 Å². The minimum absolute atomic E-state index is 0.0372. The number of ether oxygens (including phenoxy) is 1. The number of nitrogens with zero attached hydrogens (tertiary/aromatic N) is 2. The van der Waals surface area contributed by atoms with E-state index in [0.717, 1.165) is 34.9 Å². The molecule has 2 aliphatic rings. The Balaban J connectivity index is 1.50. The maximum absolute atomic E-state index is 12.9. The highest BCUT2D eigenvalue weighted by Crippen LogP contribution is 2.33. The van der Waals surface area contributed by atoms with Gasteiger partial charge in [0.05, 0.1) is 16.7 Å². The molecule has 1 amide bonds. The van der Waals surface area contributed by atoms with Crippen LogP contribution in [-0.2, 0) is 17.6 Å². The van der Waals surface area contributed by atoms with Gasteiger partial charge < -0.3 is 14.6 Å². The van der Waals surface area contributed by atoms with E-state index >= 15 is 0 Å². The lowest BCUT2D eigenvalue weighted by Crippen LogP contribution is -2.33. The number of H-pyrrole nitrogens is 1. The molecule has 7 heteroatoms. The van der Waals surface area contributed by atoms with Gasteiger partial charge in [0.2, 0.25) is 0 Å². The third-order valence-corrected chi connectivity index (χ3v) is 6.01. The first kappa shape index (κ1) is 16.5. The predicted octanol–water partition coefficient (Wildman–Crippen LogP) is 2.23. The van der Waals surface area contributed by atoms with Crippen LogP contribution in [0.15, 0.2) is 16.9 Å². The van der Waals surface area contributed by atoms with Crippen molar-refractivity contribution in [3.63, 3.8) is 0 Å². The fourth-order valence-corrected chi connectivity index (χ4v) is 4.59. The van der Waals surface area contributed by atoms with Crippen molar-refractivity contribution < 1.29 is 9.53 Å².